The lowest BCUT2D eigenvalue weighted by molar-refractivity contribution is -0.120. The number of carbonyl (C=O) groups excluding carboxylic acids is 2. The molecule has 6 saturated carbocycles. The second kappa shape index (κ2) is 11.0. The molecule has 6 fully saturated rings. The summed E-state index contributed by atoms with van der Waals surface area (Å²) in [6.45, 7) is 9.70. The molecule has 0 radical (unpaired) electrons. The fourth-order valence-corrected chi connectivity index (χ4v) is 14.4. The average Bonchev–Trinajstić information content (AvgIpc) is 3.50. The smallest absolute Gasteiger partial charge is 0.155 e. The molecule has 4 heteroatoms. The summed E-state index contributed by atoms with van der Waals surface area (Å²) in [4.78, 5) is 25.3. The number of allylic oxidation sites excluding steroid dienone is 4. The number of rotatable bonds is 4. The van der Waals surface area contributed by atoms with E-state index in [1.54, 1.807) is 0 Å². The highest BCUT2D eigenvalue weighted by molar-refractivity contribution is 5.92. The van der Waals surface area contributed by atoms with Gasteiger partial charge in [-0.2, -0.15) is 0 Å². The first-order valence-electron chi connectivity index (χ1n) is 19.4. The van der Waals surface area contributed by atoms with Crippen LogP contribution < -0.4 is 0 Å². The first-order chi connectivity index (χ1) is 21.9. The Morgan fingerprint density at radius 3 is 1.43 bits per heavy atom. The Kier molecular flexibility index (Phi) is 7.58. The molecule has 0 aromatic rings. The highest BCUT2D eigenvalue weighted by atomic mass is 16.3. The van der Waals surface area contributed by atoms with Gasteiger partial charge in [-0.15, -0.1) is 0 Å². The standard InChI is InChI=1S/C42H60O4/c1-39-17-13-29(43)23-27(39)21-25(37-31-9-11-35(45)41(31,3)19-15-33(37)39)7-5-6-8-26-22-28-24-30(44)14-18-40(28,2)34-16-20-42(4)32(38(26)34)10-12-36(42)46/h5-6,23-26,31-38,45-46H,7-22H2,1-4H3/b6-5-/t25-,26-,31?,32?,33?,34?,35-,36-,37?,38?,39-,40-,41-,42-/m0/s1. The third kappa shape index (κ3) is 4.50. The summed E-state index contributed by atoms with van der Waals surface area (Å²) in [6.07, 6.45) is 25.1. The third-order valence-electron chi connectivity index (χ3n) is 17.2. The number of hydrogen-bond acceptors (Lipinski definition) is 4. The summed E-state index contributed by atoms with van der Waals surface area (Å²) in [7, 11) is 0. The van der Waals surface area contributed by atoms with Crippen LogP contribution in [0.2, 0.25) is 0 Å². The van der Waals surface area contributed by atoms with Crippen molar-refractivity contribution in [2.45, 2.75) is 143 Å². The summed E-state index contributed by atoms with van der Waals surface area (Å²) in [5.74, 6) is 5.34. The number of aliphatic hydroxyl groups is 2. The monoisotopic (exact) mass is 628 g/mol. The number of hydrogen-bond donors (Lipinski definition) is 2. The molecule has 0 heterocycles. The lowest BCUT2D eigenvalue weighted by Crippen LogP contribution is -2.54. The van der Waals surface area contributed by atoms with E-state index in [-0.39, 0.29) is 33.9 Å². The van der Waals surface area contributed by atoms with Crippen LogP contribution >= 0.6 is 0 Å². The van der Waals surface area contributed by atoms with Gasteiger partial charge >= 0.3 is 0 Å². The molecule has 0 aromatic carbocycles. The van der Waals surface area contributed by atoms with E-state index in [0.29, 0.717) is 71.8 Å². The summed E-state index contributed by atoms with van der Waals surface area (Å²) in [6, 6.07) is 0. The van der Waals surface area contributed by atoms with Crippen LogP contribution in [-0.4, -0.2) is 34.0 Å². The molecule has 2 N–H and O–H groups in total. The van der Waals surface area contributed by atoms with Gasteiger partial charge in [0.25, 0.3) is 0 Å². The Bertz CT molecular complexity index is 1270. The van der Waals surface area contributed by atoms with Crippen molar-refractivity contribution in [3.63, 3.8) is 0 Å². The van der Waals surface area contributed by atoms with E-state index in [1.165, 1.54) is 24.0 Å². The van der Waals surface area contributed by atoms with Crippen LogP contribution in [-0.2, 0) is 9.59 Å². The largest absolute Gasteiger partial charge is 0.393 e. The van der Waals surface area contributed by atoms with Crippen molar-refractivity contribution >= 4 is 11.6 Å². The summed E-state index contributed by atoms with van der Waals surface area (Å²) < 4.78 is 0. The molecule has 0 aromatic heterocycles. The van der Waals surface area contributed by atoms with Crippen molar-refractivity contribution in [2.75, 3.05) is 0 Å². The maximum absolute atomic E-state index is 12.7. The van der Waals surface area contributed by atoms with E-state index in [2.05, 4.69) is 39.8 Å². The van der Waals surface area contributed by atoms with E-state index in [0.717, 1.165) is 77.0 Å². The number of carbonyl (C=O) groups is 2. The van der Waals surface area contributed by atoms with Crippen molar-refractivity contribution in [3.05, 3.63) is 35.5 Å². The molecule has 6 unspecified atom stereocenters. The summed E-state index contributed by atoms with van der Waals surface area (Å²) in [5.41, 5.74) is 3.22. The molecule has 0 amide bonds. The van der Waals surface area contributed by atoms with Gasteiger partial charge in [-0.05, 0) is 171 Å². The van der Waals surface area contributed by atoms with E-state index >= 15 is 0 Å². The highest BCUT2D eigenvalue weighted by Crippen LogP contribution is 2.68. The van der Waals surface area contributed by atoms with Crippen molar-refractivity contribution in [3.8, 4) is 0 Å². The van der Waals surface area contributed by atoms with Crippen molar-refractivity contribution in [1.29, 1.82) is 0 Å². The van der Waals surface area contributed by atoms with Gasteiger partial charge in [-0.25, -0.2) is 0 Å². The second-order valence-electron chi connectivity index (χ2n) is 18.8. The van der Waals surface area contributed by atoms with Crippen LogP contribution in [0.25, 0.3) is 0 Å². The Labute approximate surface area is 277 Å². The summed E-state index contributed by atoms with van der Waals surface area (Å²) in [5, 5.41) is 22.3. The minimum Gasteiger partial charge on any atom is -0.393 e. The van der Waals surface area contributed by atoms with Crippen LogP contribution in [0.5, 0.6) is 0 Å². The maximum atomic E-state index is 12.7. The quantitative estimate of drug-likeness (QED) is 0.306. The molecular weight excluding hydrogens is 568 g/mol. The second-order valence-corrected chi connectivity index (χ2v) is 18.8. The zero-order valence-electron chi connectivity index (χ0n) is 29.1. The van der Waals surface area contributed by atoms with E-state index in [4.69, 9.17) is 0 Å². The fraction of sp³-hybridized carbons (Fsp3) is 0.810. The van der Waals surface area contributed by atoms with E-state index in [1.807, 2.05) is 12.2 Å². The van der Waals surface area contributed by atoms with Gasteiger partial charge in [0.1, 0.15) is 0 Å². The van der Waals surface area contributed by atoms with Crippen LogP contribution in [0.1, 0.15) is 130 Å². The molecule has 0 aliphatic heterocycles. The lowest BCUT2D eigenvalue weighted by Gasteiger charge is -2.60. The van der Waals surface area contributed by atoms with Crippen molar-refractivity contribution < 1.29 is 19.8 Å². The normalized spacial score (nSPS) is 53.0. The van der Waals surface area contributed by atoms with E-state index in [9.17, 15) is 19.8 Å². The van der Waals surface area contributed by atoms with Gasteiger partial charge < -0.3 is 10.2 Å². The third-order valence-corrected chi connectivity index (χ3v) is 17.2. The summed E-state index contributed by atoms with van der Waals surface area (Å²) >= 11 is 0. The maximum Gasteiger partial charge on any atom is 0.155 e. The van der Waals surface area contributed by atoms with Gasteiger partial charge in [0.2, 0.25) is 0 Å². The molecule has 252 valence electrons. The van der Waals surface area contributed by atoms with E-state index < -0.39 is 0 Å². The van der Waals surface area contributed by atoms with Crippen LogP contribution in [0, 0.1) is 69.0 Å². The molecule has 8 aliphatic rings. The molecule has 14 atom stereocenters. The lowest BCUT2D eigenvalue weighted by atomic mass is 9.44. The molecule has 0 bridgehead atoms. The Morgan fingerprint density at radius 1 is 0.609 bits per heavy atom. The Balaban J connectivity index is 1.06. The predicted molar refractivity (Wildman–Crippen MR) is 182 cm³/mol. The van der Waals surface area contributed by atoms with Crippen LogP contribution in [0.4, 0.5) is 0 Å². The molecular formula is C42H60O4. The topological polar surface area (TPSA) is 74.6 Å². The van der Waals surface area contributed by atoms with Crippen molar-refractivity contribution in [2.24, 2.45) is 69.0 Å². The fourth-order valence-electron chi connectivity index (χ4n) is 14.4. The molecule has 46 heavy (non-hydrogen) atoms. The number of ketones is 2. The average molecular weight is 629 g/mol. The highest BCUT2D eigenvalue weighted by Gasteiger charge is 2.62. The zero-order chi connectivity index (χ0) is 32.2. The SMILES string of the molecule is C[C@]12CCC(=O)C=C1C[C@H](C/C=C\C[C@H]1CC3=CC(=O)CC[C@]3(C)C3CC[C@@]4(C)C(CC[C@@H]4O)C31)C1C2CC[C@@]2(C)C1CC[C@@H]2O. The molecule has 8 rings (SSSR count). The number of fused-ring (bicyclic) bond motifs is 10. The zero-order valence-corrected chi connectivity index (χ0v) is 29.1. The van der Waals surface area contributed by atoms with Gasteiger partial charge in [-0.3, -0.25) is 9.59 Å². The predicted octanol–water partition coefficient (Wildman–Crippen LogP) is 8.56. The Hall–Kier alpha value is -1.52. The van der Waals surface area contributed by atoms with Gasteiger partial charge in [0.05, 0.1) is 12.2 Å². The molecule has 0 saturated heterocycles. The first kappa shape index (κ1) is 31.7. The molecule has 8 aliphatic carbocycles. The van der Waals surface area contributed by atoms with Gasteiger partial charge in [0.15, 0.2) is 11.6 Å². The van der Waals surface area contributed by atoms with Crippen LogP contribution in [0.15, 0.2) is 35.5 Å². The molecule has 0 spiro atoms. The van der Waals surface area contributed by atoms with Crippen molar-refractivity contribution in [1.82, 2.24) is 0 Å². The van der Waals surface area contributed by atoms with Gasteiger partial charge in [0, 0.05) is 12.8 Å². The number of aliphatic hydroxyl groups excluding tert-OH is 2. The minimum atomic E-state index is -0.173. The Morgan fingerprint density at radius 2 is 1.02 bits per heavy atom. The first-order valence-corrected chi connectivity index (χ1v) is 19.4. The van der Waals surface area contributed by atoms with Crippen LogP contribution in [0.3, 0.4) is 0 Å². The minimum absolute atomic E-state index is 0.0413. The van der Waals surface area contributed by atoms with Gasteiger partial charge in [-0.1, -0.05) is 51.0 Å². The molecule has 4 nitrogen and oxygen atoms in total.